The number of nitrogens with one attached hydrogen (secondary N) is 1. The second kappa shape index (κ2) is 8.09. The zero-order valence-electron chi connectivity index (χ0n) is 14.1. The number of para-hydroxylation sites is 2. The highest BCUT2D eigenvalue weighted by Crippen LogP contribution is 2.46. The van der Waals surface area contributed by atoms with Crippen LogP contribution in [0.2, 0.25) is 0 Å². The molecule has 0 saturated carbocycles. The summed E-state index contributed by atoms with van der Waals surface area (Å²) in [6.07, 6.45) is 0. The molecule has 8 heteroatoms. The average molecular weight is 484 g/mol. The van der Waals surface area contributed by atoms with E-state index >= 15 is 0 Å². The maximum absolute atomic E-state index is 11.4. The molecule has 1 aromatic heterocycles. The van der Waals surface area contributed by atoms with Crippen LogP contribution >= 0.6 is 31.9 Å². The number of nitrogens with zero attached hydrogens (tertiary/aromatic N) is 1. The standard InChI is InChI=1S/C18H16Br2N2O4/c1-3-25-13-8-10(18-21-11-6-4-5-7-12(11)22-18)15(19)16(20)17(13)26-9-14(23)24-2/h4-8H,3,9H2,1-2H3,(H,21,22). The Balaban J connectivity index is 2.07. The smallest absolute Gasteiger partial charge is 0.343 e. The van der Waals surface area contributed by atoms with Gasteiger partial charge in [0.25, 0.3) is 0 Å². The molecular weight excluding hydrogens is 468 g/mol. The molecule has 0 atom stereocenters. The van der Waals surface area contributed by atoms with E-state index in [1.807, 2.05) is 37.3 Å². The van der Waals surface area contributed by atoms with Gasteiger partial charge in [-0.2, -0.15) is 0 Å². The summed E-state index contributed by atoms with van der Waals surface area (Å²) < 4.78 is 17.3. The number of carbonyl (C=O) groups excluding carboxylic acids is 1. The summed E-state index contributed by atoms with van der Waals surface area (Å²) in [5.41, 5.74) is 2.62. The maximum atomic E-state index is 11.4. The lowest BCUT2D eigenvalue weighted by atomic mass is 10.2. The van der Waals surface area contributed by atoms with E-state index in [1.54, 1.807) is 0 Å². The molecule has 3 rings (SSSR count). The third-order valence-corrected chi connectivity index (χ3v) is 5.75. The van der Waals surface area contributed by atoms with Crippen molar-refractivity contribution < 1.29 is 19.0 Å². The first-order valence-corrected chi connectivity index (χ1v) is 9.43. The molecule has 0 aliphatic rings. The van der Waals surface area contributed by atoms with Gasteiger partial charge in [-0.05, 0) is 57.0 Å². The van der Waals surface area contributed by atoms with Crippen LogP contribution in [0.3, 0.4) is 0 Å². The minimum absolute atomic E-state index is 0.217. The Kier molecular flexibility index (Phi) is 5.83. The fourth-order valence-electron chi connectivity index (χ4n) is 2.43. The third-order valence-electron chi connectivity index (χ3n) is 3.63. The zero-order chi connectivity index (χ0) is 18.7. The summed E-state index contributed by atoms with van der Waals surface area (Å²) in [6, 6.07) is 9.61. The second-order valence-corrected chi connectivity index (χ2v) is 6.87. The lowest BCUT2D eigenvalue weighted by Gasteiger charge is -2.16. The molecule has 0 fully saturated rings. The van der Waals surface area contributed by atoms with E-state index in [2.05, 4.69) is 46.6 Å². The molecule has 0 spiro atoms. The molecule has 26 heavy (non-hydrogen) atoms. The molecule has 0 radical (unpaired) electrons. The van der Waals surface area contributed by atoms with Gasteiger partial charge in [-0.15, -0.1) is 0 Å². The molecule has 0 aliphatic carbocycles. The highest BCUT2D eigenvalue weighted by atomic mass is 79.9. The lowest BCUT2D eigenvalue weighted by Crippen LogP contribution is -2.13. The normalized spacial score (nSPS) is 10.8. The molecule has 3 aromatic rings. The molecule has 0 saturated heterocycles. The van der Waals surface area contributed by atoms with Gasteiger partial charge in [-0.1, -0.05) is 12.1 Å². The van der Waals surface area contributed by atoms with Gasteiger partial charge in [0.05, 0.1) is 29.2 Å². The van der Waals surface area contributed by atoms with E-state index in [1.165, 1.54) is 7.11 Å². The van der Waals surface area contributed by atoms with Crippen LogP contribution in [-0.4, -0.2) is 36.3 Å². The first-order chi connectivity index (χ1) is 12.5. The number of aromatic amines is 1. The van der Waals surface area contributed by atoms with E-state index in [4.69, 9.17) is 9.47 Å². The predicted octanol–water partition coefficient (Wildman–Crippen LogP) is 4.71. The SMILES string of the molecule is CCOc1cc(-c2nc3ccccc3[nH]2)c(Br)c(Br)c1OCC(=O)OC. The van der Waals surface area contributed by atoms with E-state index in [-0.39, 0.29) is 6.61 Å². The van der Waals surface area contributed by atoms with Crippen LogP contribution in [0, 0.1) is 0 Å². The quantitative estimate of drug-likeness (QED) is 0.514. The summed E-state index contributed by atoms with van der Waals surface area (Å²) in [5, 5.41) is 0. The van der Waals surface area contributed by atoms with Gasteiger partial charge >= 0.3 is 5.97 Å². The van der Waals surface area contributed by atoms with Crippen LogP contribution < -0.4 is 9.47 Å². The lowest BCUT2D eigenvalue weighted by molar-refractivity contribution is -0.142. The molecular formula is C18H16Br2N2O4. The summed E-state index contributed by atoms with van der Waals surface area (Å²) in [4.78, 5) is 19.3. The fraction of sp³-hybridized carbons (Fsp3) is 0.222. The summed E-state index contributed by atoms with van der Waals surface area (Å²) in [5.74, 6) is 1.14. The van der Waals surface area contributed by atoms with E-state index in [0.717, 1.165) is 21.1 Å². The Bertz CT molecular complexity index is 923. The molecule has 6 nitrogen and oxygen atoms in total. The summed E-state index contributed by atoms with van der Waals surface area (Å²) in [7, 11) is 1.31. The highest BCUT2D eigenvalue weighted by molar-refractivity contribution is 9.13. The molecule has 2 aromatic carbocycles. The Labute approximate surface area is 167 Å². The number of rotatable bonds is 6. The Morgan fingerprint density at radius 1 is 1.19 bits per heavy atom. The van der Waals surface area contributed by atoms with Crippen LogP contribution in [0.15, 0.2) is 39.3 Å². The van der Waals surface area contributed by atoms with Gasteiger partial charge in [0.2, 0.25) is 0 Å². The zero-order valence-corrected chi connectivity index (χ0v) is 17.3. The Hall–Kier alpha value is -2.06. The number of benzene rings is 2. The first-order valence-electron chi connectivity index (χ1n) is 7.84. The number of H-pyrrole nitrogens is 1. The van der Waals surface area contributed by atoms with Crippen molar-refractivity contribution in [3.8, 4) is 22.9 Å². The molecule has 0 bridgehead atoms. The minimum Gasteiger partial charge on any atom is -0.490 e. The molecule has 1 N–H and O–H groups in total. The average Bonchev–Trinajstić information content (AvgIpc) is 3.07. The van der Waals surface area contributed by atoms with Crippen molar-refractivity contribution in [1.82, 2.24) is 9.97 Å². The van der Waals surface area contributed by atoms with Crippen molar-refractivity contribution >= 4 is 48.9 Å². The first kappa shape index (κ1) is 18.7. The monoisotopic (exact) mass is 482 g/mol. The second-order valence-electron chi connectivity index (χ2n) is 5.28. The molecule has 136 valence electrons. The van der Waals surface area contributed by atoms with Crippen LogP contribution in [0.5, 0.6) is 11.5 Å². The summed E-state index contributed by atoms with van der Waals surface area (Å²) in [6.45, 7) is 2.11. The van der Waals surface area contributed by atoms with E-state index < -0.39 is 5.97 Å². The van der Waals surface area contributed by atoms with Gasteiger partial charge in [-0.25, -0.2) is 9.78 Å². The number of ether oxygens (including phenoxy) is 3. The van der Waals surface area contributed by atoms with Crippen LogP contribution in [0.1, 0.15) is 6.92 Å². The Morgan fingerprint density at radius 3 is 2.65 bits per heavy atom. The fourth-order valence-corrected chi connectivity index (χ4v) is 3.43. The minimum atomic E-state index is -0.475. The number of fused-ring (bicyclic) bond motifs is 1. The van der Waals surface area contributed by atoms with Gasteiger partial charge in [-0.3, -0.25) is 0 Å². The largest absolute Gasteiger partial charge is 0.490 e. The summed E-state index contributed by atoms with van der Waals surface area (Å²) >= 11 is 7.10. The van der Waals surface area contributed by atoms with Crippen molar-refractivity contribution in [2.24, 2.45) is 0 Å². The van der Waals surface area contributed by atoms with Crippen molar-refractivity contribution in [3.63, 3.8) is 0 Å². The van der Waals surface area contributed by atoms with E-state index in [9.17, 15) is 4.79 Å². The van der Waals surface area contributed by atoms with Crippen LogP contribution in [0.25, 0.3) is 22.4 Å². The van der Waals surface area contributed by atoms with Crippen LogP contribution in [0.4, 0.5) is 0 Å². The molecule has 0 amide bonds. The van der Waals surface area contributed by atoms with Gasteiger partial charge < -0.3 is 19.2 Å². The number of imidazole rings is 1. The number of methoxy groups -OCH3 is 1. The molecule has 0 aliphatic heterocycles. The third kappa shape index (κ3) is 3.71. The van der Waals surface area contributed by atoms with Crippen molar-refractivity contribution in [1.29, 1.82) is 0 Å². The number of hydrogen-bond acceptors (Lipinski definition) is 5. The van der Waals surface area contributed by atoms with Crippen molar-refractivity contribution in [3.05, 3.63) is 39.3 Å². The van der Waals surface area contributed by atoms with Crippen LogP contribution in [-0.2, 0) is 9.53 Å². The maximum Gasteiger partial charge on any atom is 0.343 e. The predicted molar refractivity (Wildman–Crippen MR) is 106 cm³/mol. The number of aromatic nitrogens is 2. The topological polar surface area (TPSA) is 73.4 Å². The van der Waals surface area contributed by atoms with Gasteiger partial charge in [0.15, 0.2) is 18.1 Å². The molecule has 0 unspecified atom stereocenters. The van der Waals surface area contributed by atoms with Crippen molar-refractivity contribution in [2.45, 2.75) is 6.92 Å². The van der Waals surface area contributed by atoms with Crippen molar-refractivity contribution in [2.75, 3.05) is 20.3 Å². The van der Waals surface area contributed by atoms with E-state index in [0.29, 0.717) is 28.4 Å². The van der Waals surface area contributed by atoms with Gasteiger partial charge in [0, 0.05) is 10.0 Å². The highest BCUT2D eigenvalue weighted by Gasteiger charge is 2.21. The number of carbonyl (C=O) groups is 1. The number of esters is 1. The number of halogens is 2. The van der Waals surface area contributed by atoms with Gasteiger partial charge in [0.1, 0.15) is 5.82 Å². The molecule has 1 heterocycles. The number of hydrogen-bond donors (Lipinski definition) is 1. The Morgan fingerprint density at radius 2 is 1.96 bits per heavy atom.